The van der Waals surface area contributed by atoms with Crippen LogP contribution in [-0.2, 0) is 33.6 Å². The first kappa shape index (κ1) is 38.1. The van der Waals surface area contributed by atoms with Crippen LogP contribution in [0.4, 0.5) is 0 Å². The summed E-state index contributed by atoms with van der Waals surface area (Å²) in [6, 6.07) is 0. The van der Waals surface area contributed by atoms with Crippen molar-refractivity contribution in [2.75, 3.05) is 6.61 Å². The number of aliphatic hydroxyl groups excluding tert-OH is 3. The van der Waals surface area contributed by atoms with Gasteiger partial charge in [-0.15, -0.1) is 0 Å². The minimum Gasteiger partial charge on any atom is -0.481 e. The molecule has 4 saturated carbocycles. The predicted molar refractivity (Wildman–Crippen MR) is 178 cm³/mol. The Morgan fingerprint density at radius 2 is 1.60 bits per heavy atom. The molecule has 5 aliphatic carbocycles. The average molecular weight is 729 g/mol. The molecule has 0 amide bonds. The molecule has 13 nitrogen and oxygen atoms in total. The maximum atomic E-state index is 13.9. The molecule has 0 aromatic carbocycles. The summed E-state index contributed by atoms with van der Waals surface area (Å²) in [5.41, 5.74) is -2.88. The van der Waals surface area contributed by atoms with E-state index < -0.39 is 87.4 Å². The minimum atomic E-state index is -5.08. The van der Waals surface area contributed by atoms with Crippen molar-refractivity contribution in [2.45, 2.75) is 136 Å². The third-order valence-corrected chi connectivity index (χ3v) is 16.0. The lowest BCUT2D eigenvalue weighted by Gasteiger charge is -2.70. The van der Waals surface area contributed by atoms with Crippen molar-refractivity contribution >= 4 is 22.3 Å². The molecule has 5 fully saturated rings. The van der Waals surface area contributed by atoms with Gasteiger partial charge in [-0.1, -0.05) is 53.2 Å². The van der Waals surface area contributed by atoms with Crippen molar-refractivity contribution in [3.8, 4) is 0 Å². The Labute approximate surface area is 294 Å². The van der Waals surface area contributed by atoms with Crippen LogP contribution in [0.1, 0.15) is 99.3 Å². The molecule has 0 aromatic heterocycles. The lowest BCUT2D eigenvalue weighted by Crippen LogP contribution is -2.68. The van der Waals surface area contributed by atoms with Crippen LogP contribution in [0, 0.1) is 56.7 Å². The van der Waals surface area contributed by atoms with E-state index in [1.165, 1.54) is 0 Å². The molecule has 1 aliphatic heterocycles. The van der Waals surface area contributed by atoms with Gasteiger partial charge in [0.1, 0.15) is 18.3 Å². The normalized spacial score (nSPS) is 50.1. The van der Waals surface area contributed by atoms with Crippen LogP contribution in [-0.4, -0.2) is 93.9 Å². The highest BCUT2D eigenvalue weighted by Gasteiger charge is 2.73. The van der Waals surface area contributed by atoms with E-state index in [1.807, 2.05) is 0 Å². The highest BCUT2D eigenvalue weighted by atomic mass is 32.3. The van der Waals surface area contributed by atoms with E-state index in [2.05, 4.69) is 47.6 Å². The van der Waals surface area contributed by atoms with Crippen LogP contribution in [0.15, 0.2) is 11.6 Å². The topological polar surface area (TPSA) is 217 Å². The third kappa shape index (κ3) is 5.28. The maximum absolute atomic E-state index is 13.9. The van der Waals surface area contributed by atoms with E-state index in [-0.39, 0.29) is 41.4 Å². The summed E-state index contributed by atoms with van der Waals surface area (Å²) in [4.78, 5) is 26.9. The summed E-state index contributed by atoms with van der Waals surface area (Å²) >= 11 is 0. The minimum absolute atomic E-state index is 0.0247. The molecular weight excluding hydrogens is 672 g/mol. The summed E-state index contributed by atoms with van der Waals surface area (Å²) < 4.78 is 49.7. The second-order valence-corrected chi connectivity index (χ2v) is 18.7. The Bertz CT molecular complexity index is 1510. The second-order valence-electron chi connectivity index (χ2n) is 17.7. The highest BCUT2D eigenvalue weighted by molar-refractivity contribution is 7.80. The van der Waals surface area contributed by atoms with Gasteiger partial charge in [-0.3, -0.25) is 14.1 Å². The Balaban J connectivity index is 1.34. The number of carboxylic acids is 2. The average Bonchev–Trinajstić information content (AvgIpc) is 3.02. The van der Waals surface area contributed by atoms with Gasteiger partial charge in [0, 0.05) is 0 Å². The van der Waals surface area contributed by atoms with Gasteiger partial charge in [0.05, 0.1) is 23.5 Å². The fourth-order valence-electron chi connectivity index (χ4n) is 12.8. The zero-order valence-electron chi connectivity index (χ0n) is 29.9. The summed E-state index contributed by atoms with van der Waals surface area (Å²) in [5.74, 6) is -1.72. The van der Waals surface area contributed by atoms with Gasteiger partial charge < -0.3 is 35.0 Å². The van der Waals surface area contributed by atoms with E-state index in [0.717, 1.165) is 12.0 Å². The molecular formula is C36H56O13S. The number of rotatable bonds is 7. The SMILES string of the molecule is C[C@H]1[C@H](C)CC[C@]2(C(=O)O)CC[C@]3(C(=O)O)C(=CC[C@@H]4[C@@]5(C)CC[C@H](O[C@@H]6O[C@H](CO)[C@@H](O)[C@H](O)[C@@H]6OS(=O)(=O)O)C(C)(C)[C@@H]5CC[C@]43C)[C@H]12. The van der Waals surface area contributed by atoms with Crippen LogP contribution in [0.5, 0.6) is 0 Å². The van der Waals surface area contributed by atoms with Crippen LogP contribution in [0.25, 0.3) is 0 Å². The van der Waals surface area contributed by atoms with Crippen LogP contribution < -0.4 is 0 Å². The monoisotopic (exact) mass is 728 g/mol. The van der Waals surface area contributed by atoms with Crippen molar-refractivity contribution in [2.24, 2.45) is 56.7 Å². The lowest BCUT2D eigenvalue weighted by molar-refractivity contribution is -0.325. The van der Waals surface area contributed by atoms with E-state index in [0.29, 0.717) is 44.9 Å². The molecule has 0 radical (unpaired) electrons. The molecule has 15 atom stereocenters. The Morgan fingerprint density at radius 1 is 0.920 bits per heavy atom. The number of allylic oxidation sites excluding steroid dienone is 1. The number of aliphatic hydroxyl groups is 3. The van der Waals surface area contributed by atoms with Crippen LogP contribution >= 0.6 is 0 Å². The highest BCUT2D eigenvalue weighted by Crippen LogP contribution is 2.76. The molecule has 6 N–H and O–H groups in total. The van der Waals surface area contributed by atoms with Gasteiger partial charge in [-0.2, -0.15) is 8.42 Å². The first-order chi connectivity index (χ1) is 23.1. The number of hydrogen-bond donors (Lipinski definition) is 6. The number of fused-ring (bicyclic) bond motifs is 7. The van der Waals surface area contributed by atoms with Gasteiger partial charge in [0.2, 0.25) is 0 Å². The van der Waals surface area contributed by atoms with Gasteiger partial charge in [-0.25, -0.2) is 4.18 Å². The van der Waals surface area contributed by atoms with Crippen molar-refractivity contribution in [3.05, 3.63) is 11.6 Å². The zero-order chi connectivity index (χ0) is 37.0. The first-order valence-corrected chi connectivity index (χ1v) is 19.6. The van der Waals surface area contributed by atoms with Crippen molar-refractivity contribution in [1.82, 2.24) is 0 Å². The fraction of sp³-hybridized carbons (Fsp3) is 0.889. The Hall–Kier alpha value is -1.65. The maximum Gasteiger partial charge on any atom is 0.397 e. The largest absolute Gasteiger partial charge is 0.481 e. The Morgan fingerprint density at radius 3 is 2.20 bits per heavy atom. The number of carboxylic acid groups (broad SMARTS) is 2. The zero-order valence-corrected chi connectivity index (χ0v) is 30.8. The van der Waals surface area contributed by atoms with Gasteiger partial charge in [0.15, 0.2) is 12.4 Å². The number of hydrogen-bond acceptors (Lipinski definition) is 10. The van der Waals surface area contributed by atoms with E-state index >= 15 is 0 Å². The third-order valence-electron chi connectivity index (χ3n) is 15.5. The van der Waals surface area contributed by atoms with Crippen LogP contribution in [0.3, 0.4) is 0 Å². The molecule has 0 unspecified atom stereocenters. The fourth-order valence-corrected chi connectivity index (χ4v) is 13.3. The van der Waals surface area contributed by atoms with Crippen molar-refractivity contribution < 1.29 is 61.7 Å². The smallest absolute Gasteiger partial charge is 0.397 e. The summed E-state index contributed by atoms with van der Waals surface area (Å²) in [5, 5.41) is 52.9. The second kappa shape index (κ2) is 12.5. The Kier molecular flexibility index (Phi) is 9.49. The molecule has 50 heavy (non-hydrogen) atoms. The quantitative estimate of drug-likeness (QED) is 0.125. The van der Waals surface area contributed by atoms with E-state index in [9.17, 15) is 48.1 Å². The van der Waals surface area contributed by atoms with Gasteiger partial charge >= 0.3 is 22.3 Å². The number of aliphatic carboxylic acids is 2. The molecule has 0 aromatic rings. The first-order valence-electron chi connectivity index (χ1n) is 18.2. The molecule has 1 heterocycles. The van der Waals surface area contributed by atoms with Gasteiger partial charge in [-0.05, 0) is 104 Å². The summed E-state index contributed by atoms with van der Waals surface area (Å²) in [6.45, 7) is 12.1. The van der Waals surface area contributed by atoms with Crippen LogP contribution in [0.2, 0.25) is 0 Å². The predicted octanol–water partition coefficient (Wildman–Crippen LogP) is 3.81. The number of carbonyl (C=O) groups is 2. The van der Waals surface area contributed by atoms with E-state index in [4.69, 9.17) is 13.7 Å². The van der Waals surface area contributed by atoms with Crippen molar-refractivity contribution in [3.63, 3.8) is 0 Å². The number of ether oxygens (including phenoxy) is 2. The molecule has 6 rings (SSSR count). The lowest BCUT2D eigenvalue weighted by atomic mass is 9.33. The molecule has 6 aliphatic rings. The molecule has 1 saturated heterocycles. The molecule has 0 bridgehead atoms. The molecule has 284 valence electrons. The van der Waals surface area contributed by atoms with Gasteiger partial charge in [0.25, 0.3) is 0 Å². The van der Waals surface area contributed by atoms with E-state index in [1.54, 1.807) is 0 Å². The van der Waals surface area contributed by atoms with Crippen molar-refractivity contribution in [1.29, 1.82) is 0 Å². The molecule has 14 heteroatoms. The summed E-state index contributed by atoms with van der Waals surface area (Å²) in [6.07, 6.45) is -1.57. The molecule has 0 spiro atoms. The standard InChI is InChI=1S/C36H56O13S/c1-18-9-14-35(30(40)41)15-16-36(31(42)43)20(25(35)19(18)2)7-8-23-33(5)12-11-24(32(3,4)22(33)10-13-34(23,36)6)48-29-28(49-50(44,45)46)27(39)26(38)21(17-37)47-29/h7,18-19,21-29,37-39H,8-17H2,1-6H3,(H,40,41)(H,42,43)(H,44,45,46)/t18-,19+,21-,22+,23-,24+,25+,26-,27+,28+,29+,33+,34-,35+,36-/m1/s1. The summed E-state index contributed by atoms with van der Waals surface area (Å²) in [7, 11) is -5.08.